The minimum Gasteiger partial charge on any atom is -0.306 e. The maximum atomic E-state index is 12.6. The molecule has 4 nitrogen and oxygen atoms in total. The molecule has 1 aromatic carbocycles. The molecule has 0 spiro atoms. The highest BCUT2D eigenvalue weighted by molar-refractivity contribution is 5.25. The van der Waals surface area contributed by atoms with Gasteiger partial charge in [-0.25, -0.2) is 9.67 Å². The third-order valence-electron chi connectivity index (χ3n) is 3.00. The molecule has 0 bridgehead atoms. The summed E-state index contributed by atoms with van der Waals surface area (Å²) in [5.74, 6) is 0.761. The standard InChI is InChI=1S/C14H17F3N4/c1-10(2)21-13(19-9-20-21)8-18-7-11-4-3-5-12(6-11)14(15,16)17/h3-6,9-10,18H,7-8H2,1-2H3. The third-order valence-corrected chi connectivity index (χ3v) is 3.00. The number of benzene rings is 1. The monoisotopic (exact) mass is 298 g/mol. The van der Waals surface area contributed by atoms with Crippen molar-refractivity contribution >= 4 is 0 Å². The van der Waals surface area contributed by atoms with Crippen LogP contribution in [0.3, 0.4) is 0 Å². The van der Waals surface area contributed by atoms with Gasteiger partial charge in [-0.05, 0) is 25.5 Å². The van der Waals surface area contributed by atoms with Crippen LogP contribution in [0.1, 0.15) is 36.8 Å². The van der Waals surface area contributed by atoms with Crippen LogP contribution in [0.5, 0.6) is 0 Å². The van der Waals surface area contributed by atoms with Gasteiger partial charge in [-0.15, -0.1) is 0 Å². The molecule has 0 radical (unpaired) electrons. The fourth-order valence-electron chi connectivity index (χ4n) is 2.01. The van der Waals surface area contributed by atoms with Crippen LogP contribution < -0.4 is 5.32 Å². The Morgan fingerprint density at radius 1 is 1.24 bits per heavy atom. The molecule has 0 aliphatic carbocycles. The van der Waals surface area contributed by atoms with Gasteiger partial charge in [0.2, 0.25) is 0 Å². The zero-order valence-electron chi connectivity index (χ0n) is 11.9. The van der Waals surface area contributed by atoms with Crippen LogP contribution in [0.4, 0.5) is 13.2 Å². The minimum absolute atomic E-state index is 0.192. The van der Waals surface area contributed by atoms with E-state index >= 15 is 0 Å². The van der Waals surface area contributed by atoms with Crippen molar-refractivity contribution in [2.45, 2.75) is 39.2 Å². The first kappa shape index (κ1) is 15.5. The van der Waals surface area contributed by atoms with Crippen molar-refractivity contribution in [1.29, 1.82) is 0 Å². The fourth-order valence-corrected chi connectivity index (χ4v) is 2.01. The minimum atomic E-state index is -4.31. The molecule has 0 saturated carbocycles. The van der Waals surface area contributed by atoms with Gasteiger partial charge in [0.15, 0.2) is 0 Å². The number of nitrogens with zero attached hydrogens (tertiary/aromatic N) is 3. The van der Waals surface area contributed by atoms with Crippen molar-refractivity contribution in [3.8, 4) is 0 Å². The van der Waals surface area contributed by atoms with Crippen molar-refractivity contribution in [2.75, 3.05) is 0 Å². The van der Waals surface area contributed by atoms with Crippen LogP contribution in [-0.4, -0.2) is 14.8 Å². The number of halogens is 3. The van der Waals surface area contributed by atoms with E-state index in [1.807, 2.05) is 13.8 Å². The Labute approximate surface area is 121 Å². The van der Waals surface area contributed by atoms with Crippen molar-refractivity contribution in [1.82, 2.24) is 20.1 Å². The first-order valence-electron chi connectivity index (χ1n) is 6.63. The lowest BCUT2D eigenvalue weighted by atomic mass is 10.1. The molecule has 1 heterocycles. The number of aromatic nitrogens is 3. The van der Waals surface area contributed by atoms with Crippen LogP contribution in [-0.2, 0) is 19.3 Å². The summed E-state index contributed by atoms with van der Waals surface area (Å²) < 4.78 is 39.6. The summed E-state index contributed by atoms with van der Waals surface area (Å²) in [4.78, 5) is 4.13. The Morgan fingerprint density at radius 2 is 2.00 bits per heavy atom. The molecule has 0 fully saturated rings. The van der Waals surface area contributed by atoms with Crippen LogP contribution >= 0.6 is 0 Å². The first-order chi connectivity index (χ1) is 9.88. The molecular formula is C14H17F3N4. The molecule has 0 aliphatic heterocycles. The number of alkyl halides is 3. The SMILES string of the molecule is CC(C)n1ncnc1CNCc1cccc(C(F)(F)F)c1. The normalized spacial score (nSPS) is 12.1. The summed E-state index contributed by atoms with van der Waals surface area (Å²) in [6.45, 7) is 4.78. The quantitative estimate of drug-likeness (QED) is 0.922. The highest BCUT2D eigenvalue weighted by Crippen LogP contribution is 2.29. The Balaban J connectivity index is 1.96. The molecule has 2 aromatic rings. The van der Waals surface area contributed by atoms with Gasteiger partial charge in [-0.1, -0.05) is 18.2 Å². The first-order valence-corrected chi connectivity index (χ1v) is 6.63. The van der Waals surface area contributed by atoms with E-state index in [1.165, 1.54) is 12.4 Å². The molecule has 114 valence electrons. The molecule has 0 amide bonds. The van der Waals surface area contributed by atoms with Gasteiger partial charge < -0.3 is 5.32 Å². The van der Waals surface area contributed by atoms with Gasteiger partial charge in [0.1, 0.15) is 12.2 Å². The number of nitrogens with one attached hydrogen (secondary N) is 1. The molecule has 7 heteroatoms. The lowest BCUT2D eigenvalue weighted by Crippen LogP contribution is -2.18. The van der Waals surface area contributed by atoms with Crippen molar-refractivity contribution in [2.24, 2.45) is 0 Å². The van der Waals surface area contributed by atoms with Gasteiger partial charge in [0, 0.05) is 12.6 Å². The molecule has 0 atom stereocenters. The molecule has 0 unspecified atom stereocenters. The molecule has 21 heavy (non-hydrogen) atoms. The van der Waals surface area contributed by atoms with Crippen molar-refractivity contribution in [3.05, 3.63) is 47.5 Å². The smallest absolute Gasteiger partial charge is 0.306 e. The zero-order chi connectivity index (χ0) is 15.5. The van der Waals surface area contributed by atoms with E-state index in [9.17, 15) is 13.2 Å². The van der Waals surface area contributed by atoms with Crippen molar-refractivity contribution in [3.63, 3.8) is 0 Å². The molecule has 2 rings (SSSR count). The van der Waals surface area contributed by atoms with Gasteiger partial charge in [0.05, 0.1) is 12.1 Å². The number of hydrogen-bond donors (Lipinski definition) is 1. The number of hydrogen-bond acceptors (Lipinski definition) is 3. The second-order valence-electron chi connectivity index (χ2n) is 5.02. The van der Waals surface area contributed by atoms with Gasteiger partial charge in [-0.3, -0.25) is 0 Å². The maximum Gasteiger partial charge on any atom is 0.416 e. The Hall–Kier alpha value is -1.89. The fraction of sp³-hybridized carbons (Fsp3) is 0.429. The molecule has 0 saturated heterocycles. The van der Waals surface area contributed by atoms with Crippen LogP contribution in [0.15, 0.2) is 30.6 Å². The Bertz CT molecular complexity index is 590. The molecular weight excluding hydrogens is 281 g/mol. The summed E-state index contributed by atoms with van der Waals surface area (Å²) >= 11 is 0. The van der Waals surface area contributed by atoms with Crippen LogP contribution in [0.25, 0.3) is 0 Å². The Morgan fingerprint density at radius 3 is 2.67 bits per heavy atom. The summed E-state index contributed by atoms with van der Waals surface area (Å²) in [7, 11) is 0. The molecule has 1 aromatic heterocycles. The summed E-state index contributed by atoms with van der Waals surface area (Å²) in [5.41, 5.74) is -0.0485. The molecule has 0 aliphatic rings. The summed E-state index contributed by atoms with van der Waals surface area (Å²) in [6, 6.07) is 5.49. The summed E-state index contributed by atoms with van der Waals surface area (Å²) in [6.07, 6.45) is -2.84. The van der Waals surface area contributed by atoms with E-state index in [0.29, 0.717) is 18.7 Å². The third kappa shape index (κ3) is 4.04. The van der Waals surface area contributed by atoms with Gasteiger partial charge in [0.25, 0.3) is 0 Å². The van der Waals surface area contributed by atoms with Crippen molar-refractivity contribution < 1.29 is 13.2 Å². The predicted molar refractivity (Wildman–Crippen MR) is 72.4 cm³/mol. The van der Waals surface area contributed by atoms with E-state index in [0.717, 1.165) is 18.0 Å². The maximum absolute atomic E-state index is 12.6. The average molecular weight is 298 g/mol. The van der Waals surface area contributed by atoms with Crippen LogP contribution in [0, 0.1) is 0 Å². The average Bonchev–Trinajstić information content (AvgIpc) is 2.87. The molecule has 1 N–H and O–H groups in total. The summed E-state index contributed by atoms with van der Waals surface area (Å²) in [5, 5.41) is 7.19. The lowest BCUT2D eigenvalue weighted by Gasteiger charge is -2.11. The second kappa shape index (κ2) is 6.26. The second-order valence-corrected chi connectivity index (χ2v) is 5.02. The van der Waals surface area contributed by atoms with E-state index in [2.05, 4.69) is 15.4 Å². The van der Waals surface area contributed by atoms with E-state index in [1.54, 1.807) is 10.7 Å². The predicted octanol–water partition coefficient (Wildman–Crippen LogP) is 3.17. The van der Waals surface area contributed by atoms with E-state index < -0.39 is 11.7 Å². The topological polar surface area (TPSA) is 42.7 Å². The highest BCUT2D eigenvalue weighted by Gasteiger charge is 2.30. The van der Waals surface area contributed by atoms with Gasteiger partial charge in [-0.2, -0.15) is 18.3 Å². The Kier molecular flexibility index (Phi) is 4.62. The van der Waals surface area contributed by atoms with Crippen LogP contribution in [0.2, 0.25) is 0 Å². The van der Waals surface area contributed by atoms with Gasteiger partial charge >= 0.3 is 6.18 Å². The highest BCUT2D eigenvalue weighted by atomic mass is 19.4. The zero-order valence-corrected chi connectivity index (χ0v) is 11.9. The largest absolute Gasteiger partial charge is 0.416 e. The lowest BCUT2D eigenvalue weighted by molar-refractivity contribution is -0.137. The van der Waals surface area contributed by atoms with E-state index in [4.69, 9.17) is 0 Å². The van der Waals surface area contributed by atoms with E-state index in [-0.39, 0.29) is 6.04 Å². The number of rotatable bonds is 5.